The molecule has 0 radical (unpaired) electrons. The van der Waals surface area contributed by atoms with Crippen molar-refractivity contribution in [1.29, 1.82) is 0 Å². The zero-order chi connectivity index (χ0) is 17.5. The predicted octanol–water partition coefficient (Wildman–Crippen LogP) is 2.18. The standard InChI is InChI=1S/C18H20N2O4/c1-13-5-3-7-15(9-13)11-23-20(18(22)17(19)21)24-12-16-8-4-6-14(2)10-16/h3-10H,11-12H2,1-2H3,(H2,19,21). The lowest BCUT2D eigenvalue weighted by atomic mass is 10.1. The highest BCUT2D eigenvalue weighted by molar-refractivity contribution is 6.33. The monoisotopic (exact) mass is 328 g/mol. The number of nitrogens with two attached hydrogens (primary N) is 1. The quantitative estimate of drug-likeness (QED) is 0.651. The Morgan fingerprint density at radius 2 is 1.38 bits per heavy atom. The minimum absolute atomic E-state index is 0.0779. The van der Waals surface area contributed by atoms with Gasteiger partial charge < -0.3 is 5.73 Å². The predicted molar refractivity (Wildman–Crippen MR) is 88.0 cm³/mol. The molecule has 0 saturated heterocycles. The van der Waals surface area contributed by atoms with E-state index in [0.29, 0.717) is 5.23 Å². The third-order valence-electron chi connectivity index (χ3n) is 3.24. The Bertz CT molecular complexity index is 681. The number of benzene rings is 2. The molecule has 2 aromatic rings. The highest BCUT2D eigenvalue weighted by Crippen LogP contribution is 2.10. The van der Waals surface area contributed by atoms with Crippen LogP contribution in [-0.2, 0) is 32.5 Å². The van der Waals surface area contributed by atoms with Gasteiger partial charge in [0, 0.05) is 0 Å². The van der Waals surface area contributed by atoms with Crippen molar-refractivity contribution >= 4 is 11.8 Å². The molecule has 24 heavy (non-hydrogen) atoms. The number of hydrogen-bond donors (Lipinski definition) is 1. The van der Waals surface area contributed by atoms with Gasteiger partial charge in [-0.05, 0) is 25.0 Å². The fourth-order valence-corrected chi connectivity index (χ4v) is 2.11. The van der Waals surface area contributed by atoms with E-state index in [4.69, 9.17) is 15.4 Å². The molecule has 0 aliphatic heterocycles. The second-order valence-electron chi connectivity index (χ2n) is 5.45. The van der Waals surface area contributed by atoms with Crippen LogP contribution in [0.1, 0.15) is 22.3 Å². The lowest BCUT2D eigenvalue weighted by molar-refractivity contribution is -0.350. The van der Waals surface area contributed by atoms with E-state index < -0.39 is 11.8 Å². The number of carbonyl (C=O) groups excluding carboxylic acids is 2. The van der Waals surface area contributed by atoms with Crippen LogP contribution in [0.5, 0.6) is 0 Å². The summed E-state index contributed by atoms with van der Waals surface area (Å²) in [5.74, 6) is -2.21. The maximum Gasteiger partial charge on any atom is 0.361 e. The van der Waals surface area contributed by atoms with Crippen LogP contribution in [0.4, 0.5) is 0 Å². The van der Waals surface area contributed by atoms with Gasteiger partial charge in [-0.3, -0.25) is 9.59 Å². The molecule has 6 heteroatoms. The van der Waals surface area contributed by atoms with Crippen LogP contribution in [0.3, 0.4) is 0 Å². The van der Waals surface area contributed by atoms with Gasteiger partial charge in [-0.2, -0.15) is 0 Å². The topological polar surface area (TPSA) is 81.9 Å². The van der Waals surface area contributed by atoms with Crippen LogP contribution < -0.4 is 5.73 Å². The lowest BCUT2D eigenvalue weighted by Crippen LogP contribution is -2.40. The van der Waals surface area contributed by atoms with Crippen LogP contribution in [0.25, 0.3) is 0 Å². The number of primary amides is 1. The van der Waals surface area contributed by atoms with E-state index in [-0.39, 0.29) is 13.2 Å². The zero-order valence-electron chi connectivity index (χ0n) is 13.7. The van der Waals surface area contributed by atoms with E-state index in [1.807, 2.05) is 62.4 Å². The van der Waals surface area contributed by atoms with Gasteiger partial charge in [0.1, 0.15) is 13.2 Å². The summed E-state index contributed by atoms with van der Waals surface area (Å²) < 4.78 is 0. The maximum atomic E-state index is 11.8. The Morgan fingerprint density at radius 1 is 0.917 bits per heavy atom. The summed E-state index contributed by atoms with van der Waals surface area (Å²) in [6, 6.07) is 15.2. The molecular weight excluding hydrogens is 308 g/mol. The zero-order valence-corrected chi connectivity index (χ0v) is 13.7. The third kappa shape index (κ3) is 5.19. The first-order valence-corrected chi connectivity index (χ1v) is 7.46. The number of amides is 2. The van der Waals surface area contributed by atoms with Crippen LogP contribution in [0.2, 0.25) is 0 Å². The van der Waals surface area contributed by atoms with E-state index in [1.54, 1.807) is 0 Å². The summed E-state index contributed by atoms with van der Waals surface area (Å²) in [5, 5.41) is 0.549. The molecule has 0 saturated carbocycles. The average Bonchev–Trinajstić information content (AvgIpc) is 2.54. The first-order chi connectivity index (χ1) is 11.5. The molecule has 2 rings (SSSR count). The van der Waals surface area contributed by atoms with Gasteiger partial charge in [0.2, 0.25) is 0 Å². The summed E-state index contributed by atoms with van der Waals surface area (Å²) >= 11 is 0. The van der Waals surface area contributed by atoms with Crippen molar-refractivity contribution in [2.45, 2.75) is 27.1 Å². The van der Waals surface area contributed by atoms with Crippen LogP contribution in [-0.4, -0.2) is 17.0 Å². The Kier molecular flexibility index (Phi) is 6.06. The molecule has 0 fully saturated rings. The van der Waals surface area contributed by atoms with Gasteiger partial charge in [0.25, 0.3) is 0 Å². The first kappa shape index (κ1) is 17.7. The highest BCUT2D eigenvalue weighted by Gasteiger charge is 2.22. The Balaban J connectivity index is 2.01. The van der Waals surface area contributed by atoms with Crippen molar-refractivity contribution in [2.75, 3.05) is 0 Å². The number of rotatable bonds is 6. The summed E-state index contributed by atoms with van der Waals surface area (Å²) in [4.78, 5) is 33.6. The van der Waals surface area contributed by atoms with Crippen LogP contribution in [0, 0.1) is 13.8 Å². The normalized spacial score (nSPS) is 10.4. The highest BCUT2D eigenvalue weighted by atomic mass is 17.0. The third-order valence-corrected chi connectivity index (χ3v) is 3.24. The van der Waals surface area contributed by atoms with Crippen molar-refractivity contribution in [3.8, 4) is 0 Å². The summed E-state index contributed by atoms with van der Waals surface area (Å²) in [6.07, 6.45) is 0. The van der Waals surface area contributed by atoms with E-state index in [2.05, 4.69) is 0 Å². The van der Waals surface area contributed by atoms with Gasteiger partial charge in [-0.1, -0.05) is 64.9 Å². The molecule has 0 aromatic heterocycles. The minimum Gasteiger partial charge on any atom is -0.361 e. The number of aryl methyl sites for hydroxylation is 2. The van der Waals surface area contributed by atoms with Crippen molar-refractivity contribution in [1.82, 2.24) is 5.23 Å². The van der Waals surface area contributed by atoms with Crippen molar-refractivity contribution in [3.05, 3.63) is 70.8 Å². The largest absolute Gasteiger partial charge is 0.361 e. The molecule has 0 unspecified atom stereocenters. The molecule has 126 valence electrons. The number of hydroxylamine groups is 2. The van der Waals surface area contributed by atoms with E-state index in [0.717, 1.165) is 22.3 Å². The molecule has 0 atom stereocenters. The average molecular weight is 328 g/mol. The Hall–Kier alpha value is -2.70. The van der Waals surface area contributed by atoms with Gasteiger partial charge in [-0.15, -0.1) is 0 Å². The molecular formula is C18H20N2O4. The lowest BCUT2D eigenvalue weighted by Gasteiger charge is -2.19. The van der Waals surface area contributed by atoms with Crippen molar-refractivity contribution in [3.63, 3.8) is 0 Å². The number of carbonyl (C=O) groups is 2. The van der Waals surface area contributed by atoms with Gasteiger partial charge in [0.15, 0.2) is 0 Å². The van der Waals surface area contributed by atoms with Crippen molar-refractivity contribution < 1.29 is 19.3 Å². The summed E-state index contributed by atoms with van der Waals surface area (Å²) in [6.45, 7) is 4.05. The van der Waals surface area contributed by atoms with Crippen LogP contribution in [0.15, 0.2) is 48.5 Å². The van der Waals surface area contributed by atoms with Gasteiger partial charge in [-0.25, -0.2) is 9.68 Å². The fraction of sp³-hybridized carbons (Fsp3) is 0.222. The van der Waals surface area contributed by atoms with E-state index in [9.17, 15) is 9.59 Å². The smallest absolute Gasteiger partial charge is 0.361 e. The molecule has 0 bridgehead atoms. The SMILES string of the molecule is Cc1cccc(CON(OCc2cccc(C)c2)C(=O)C(N)=O)c1. The second-order valence-corrected chi connectivity index (χ2v) is 5.45. The first-order valence-electron chi connectivity index (χ1n) is 7.46. The molecule has 2 N–H and O–H groups in total. The van der Waals surface area contributed by atoms with E-state index >= 15 is 0 Å². The number of nitrogens with zero attached hydrogens (tertiary/aromatic N) is 1. The van der Waals surface area contributed by atoms with Gasteiger partial charge in [0.05, 0.1) is 0 Å². The molecule has 0 aliphatic carbocycles. The second kappa shape index (κ2) is 8.24. The van der Waals surface area contributed by atoms with Crippen LogP contribution >= 0.6 is 0 Å². The minimum atomic E-state index is -1.15. The molecule has 0 heterocycles. The number of hydrogen-bond acceptors (Lipinski definition) is 4. The summed E-state index contributed by atoms with van der Waals surface area (Å²) in [7, 11) is 0. The Labute approximate surface area is 140 Å². The van der Waals surface area contributed by atoms with E-state index in [1.165, 1.54) is 0 Å². The maximum absolute atomic E-state index is 11.8. The molecule has 2 amide bonds. The fourth-order valence-electron chi connectivity index (χ4n) is 2.11. The molecule has 0 spiro atoms. The summed E-state index contributed by atoms with van der Waals surface area (Å²) in [5.41, 5.74) is 8.84. The van der Waals surface area contributed by atoms with Gasteiger partial charge >= 0.3 is 11.8 Å². The molecule has 2 aromatic carbocycles. The van der Waals surface area contributed by atoms with Crippen molar-refractivity contribution in [2.24, 2.45) is 5.73 Å². The Morgan fingerprint density at radius 3 is 1.75 bits per heavy atom. The molecule has 0 aliphatic rings. The molecule has 6 nitrogen and oxygen atoms in total.